The number of allylic oxidation sites excluding steroid dienone is 1. The molecule has 106 valence electrons. The van der Waals surface area contributed by atoms with Crippen LogP contribution >= 0.6 is 0 Å². The van der Waals surface area contributed by atoms with Crippen LogP contribution in [0.4, 0.5) is 5.69 Å². The number of hydrogen-bond donors (Lipinski definition) is 1. The molecule has 0 bridgehead atoms. The van der Waals surface area contributed by atoms with E-state index in [9.17, 15) is 4.79 Å². The first-order valence-electron chi connectivity index (χ1n) is 6.84. The Morgan fingerprint density at radius 2 is 2.14 bits per heavy atom. The molecule has 2 heterocycles. The molecular formula is C17H16N2OSe. The molecule has 0 radical (unpaired) electrons. The van der Waals surface area contributed by atoms with Crippen molar-refractivity contribution in [2.75, 3.05) is 5.32 Å². The Labute approximate surface area is 130 Å². The number of Topliss-reactive ketones (excluding diaryl/α,β-unsaturated/α-hetero) is 1. The number of aromatic nitrogens is 1. The zero-order chi connectivity index (χ0) is 14.7. The van der Waals surface area contributed by atoms with Gasteiger partial charge in [-0.05, 0) is 0 Å². The summed E-state index contributed by atoms with van der Waals surface area (Å²) < 4.78 is 1.14. The maximum atomic E-state index is 11.4. The molecule has 21 heavy (non-hydrogen) atoms. The molecule has 0 aliphatic carbocycles. The van der Waals surface area contributed by atoms with Gasteiger partial charge in [0.05, 0.1) is 0 Å². The van der Waals surface area contributed by atoms with E-state index in [1.165, 1.54) is 5.56 Å². The van der Waals surface area contributed by atoms with Gasteiger partial charge < -0.3 is 0 Å². The number of carbonyl (C=O) groups is 1. The number of carbonyl (C=O) groups excluding carboxylic acids is 1. The van der Waals surface area contributed by atoms with Crippen LogP contribution in [0.1, 0.15) is 18.1 Å². The fourth-order valence-electron chi connectivity index (χ4n) is 2.20. The van der Waals surface area contributed by atoms with Crippen LogP contribution in [0.25, 0.3) is 0 Å². The molecule has 0 fully saturated rings. The first-order valence-corrected chi connectivity index (χ1v) is 8.91. The molecule has 0 spiro atoms. The summed E-state index contributed by atoms with van der Waals surface area (Å²) in [5.41, 5.74) is 4.34. The van der Waals surface area contributed by atoms with Crippen LogP contribution in [-0.4, -0.2) is 25.7 Å². The summed E-state index contributed by atoms with van der Waals surface area (Å²) in [5.74, 6) is 0.116. The number of hydrogen-bond acceptors (Lipinski definition) is 3. The van der Waals surface area contributed by atoms with Crippen LogP contribution in [0, 0.1) is 0 Å². The summed E-state index contributed by atoms with van der Waals surface area (Å²) in [4.78, 5) is 16.0. The summed E-state index contributed by atoms with van der Waals surface area (Å²) in [6, 6.07) is 12.6. The molecular weight excluding hydrogens is 327 g/mol. The molecule has 0 saturated heterocycles. The van der Waals surface area contributed by atoms with Crippen molar-refractivity contribution in [1.29, 1.82) is 0 Å². The molecule has 0 unspecified atom stereocenters. The minimum atomic E-state index is 0.116. The molecule has 1 aromatic heterocycles. The Hall–Kier alpha value is -1.90. The zero-order valence-corrected chi connectivity index (χ0v) is 13.5. The fraction of sp³-hybridized carbons (Fsp3) is 0.176. The molecule has 2 aromatic rings. The van der Waals surface area contributed by atoms with Gasteiger partial charge in [-0.25, -0.2) is 0 Å². The molecule has 3 nitrogen and oxygen atoms in total. The van der Waals surface area contributed by atoms with Gasteiger partial charge in [0.1, 0.15) is 0 Å². The van der Waals surface area contributed by atoms with Gasteiger partial charge in [-0.15, -0.1) is 0 Å². The standard InChI is InChI=1S/C17H16N2OSe/c1-12(20)14-7-15-10-19-17(8-16(15)18-9-14)21-11-13-5-3-2-4-6-13/h2-6,8-10,18H,7,11H2,1H3. The van der Waals surface area contributed by atoms with Crippen LogP contribution in [0.2, 0.25) is 0 Å². The van der Waals surface area contributed by atoms with Crippen molar-refractivity contribution < 1.29 is 4.79 Å². The number of fused-ring (bicyclic) bond motifs is 1. The van der Waals surface area contributed by atoms with Gasteiger partial charge in [0.2, 0.25) is 0 Å². The Kier molecular flexibility index (Phi) is 4.18. The molecule has 1 aliphatic rings. The van der Waals surface area contributed by atoms with E-state index < -0.39 is 0 Å². The monoisotopic (exact) mass is 344 g/mol. The third-order valence-corrected chi connectivity index (χ3v) is 5.52. The predicted octanol–water partition coefficient (Wildman–Crippen LogP) is 2.05. The van der Waals surface area contributed by atoms with E-state index in [4.69, 9.17) is 0 Å². The van der Waals surface area contributed by atoms with E-state index >= 15 is 0 Å². The second-order valence-electron chi connectivity index (χ2n) is 5.00. The van der Waals surface area contributed by atoms with Crippen molar-refractivity contribution in [2.24, 2.45) is 0 Å². The number of ketones is 1. The van der Waals surface area contributed by atoms with Crippen LogP contribution < -0.4 is 9.91 Å². The average Bonchev–Trinajstić information content (AvgIpc) is 2.53. The summed E-state index contributed by atoms with van der Waals surface area (Å²) in [7, 11) is 0. The van der Waals surface area contributed by atoms with E-state index in [0.29, 0.717) is 21.4 Å². The number of benzene rings is 1. The van der Waals surface area contributed by atoms with Crippen molar-refractivity contribution in [3.8, 4) is 0 Å². The van der Waals surface area contributed by atoms with Crippen LogP contribution in [0.3, 0.4) is 0 Å². The summed E-state index contributed by atoms with van der Waals surface area (Å²) in [6.45, 7) is 1.60. The Morgan fingerprint density at radius 3 is 2.90 bits per heavy atom. The number of nitrogens with one attached hydrogen (secondary N) is 1. The first-order chi connectivity index (χ1) is 10.2. The fourth-order valence-corrected chi connectivity index (χ4v) is 3.95. The summed E-state index contributed by atoms with van der Waals surface area (Å²) in [5, 5.41) is 4.27. The van der Waals surface area contributed by atoms with Gasteiger partial charge in [0.25, 0.3) is 0 Å². The van der Waals surface area contributed by atoms with Crippen molar-refractivity contribution >= 4 is 31.0 Å². The van der Waals surface area contributed by atoms with E-state index in [1.807, 2.05) is 18.5 Å². The Balaban J connectivity index is 1.70. The van der Waals surface area contributed by atoms with Crippen LogP contribution in [-0.2, 0) is 16.5 Å². The van der Waals surface area contributed by atoms with Crippen molar-refractivity contribution in [2.45, 2.75) is 18.7 Å². The molecule has 1 N–H and O–H groups in total. The maximum absolute atomic E-state index is 11.4. The SMILES string of the molecule is CC(=O)C1=CNc2cc([Se]Cc3ccccc3)ncc2C1. The summed E-state index contributed by atoms with van der Waals surface area (Å²) >= 11 is 0.322. The molecule has 1 aliphatic heterocycles. The average molecular weight is 343 g/mol. The summed E-state index contributed by atoms with van der Waals surface area (Å²) in [6.07, 6.45) is 4.40. The molecule has 0 atom stereocenters. The van der Waals surface area contributed by atoms with Crippen molar-refractivity contribution in [3.63, 3.8) is 0 Å². The van der Waals surface area contributed by atoms with Gasteiger partial charge >= 0.3 is 130 Å². The molecule has 1 aromatic carbocycles. The van der Waals surface area contributed by atoms with Gasteiger partial charge in [-0.2, -0.15) is 0 Å². The second kappa shape index (κ2) is 6.25. The molecule has 3 rings (SSSR count). The van der Waals surface area contributed by atoms with Gasteiger partial charge in [0.15, 0.2) is 0 Å². The number of pyridine rings is 1. The van der Waals surface area contributed by atoms with E-state index in [0.717, 1.165) is 26.7 Å². The number of anilines is 1. The molecule has 4 heteroatoms. The molecule has 0 amide bonds. The van der Waals surface area contributed by atoms with Gasteiger partial charge in [-0.3, -0.25) is 0 Å². The normalized spacial score (nSPS) is 13.1. The van der Waals surface area contributed by atoms with E-state index in [1.54, 1.807) is 6.92 Å². The topological polar surface area (TPSA) is 42.0 Å². The van der Waals surface area contributed by atoms with Crippen molar-refractivity contribution in [3.05, 3.63) is 65.5 Å². The Bertz CT molecular complexity index is 695. The quantitative estimate of drug-likeness (QED) is 0.864. The Morgan fingerprint density at radius 1 is 1.33 bits per heavy atom. The van der Waals surface area contributed by atoms with Gasteiger partial charge in [-0.1, -0.05) is 0 Å². The zero-order valence-electron chi connectivity index (χ0n) is 11.8. The number of rotatable bonds is 4. The number of nitrogens with zero attached hydrogens (tertiary/aromatic N) is 1. The van der Waals surface area contributed by atoms with Crippen LogP contribution in [0.5, 0.6) is 0 Å². The second-order valence-corrected chi connectivity index (χ2v) is 7.09. The first kappa shape index (κ1) is 14.1. The van der Waals surface area contributed by atoms with E-state index in [-0.39, 0.29) is 5.78 Å². The molecule has 0 saturated carbocycles. The van der Waals surface area contributed by atoms with E-state index in [2.05, 4.69) is 40.6 Å². The third-order valence-electron chi connectivity index (χ3n) is 3.43. The van der Waals surface area contributed by atoms with Crippen molar-refractivity contribution in [1.82, 2.24) is 4.98 Å². The third kappa shape index (κ3) is 3.41. The van der Waals surface area contributed by atoms with Gasteiger partial charge in [0, 0.05) is 0 Å². The minimum absolute atomic E-state index is 0.116. The predicted molar refractivity (Wildman–Crippen MR) is 85.9 cm³/mol. The van der Waals surface area contributed by atoms with Crippen LogP contribution in [0.15, 0.2) is 54.4 Å².